The minimum Gasteiger partial charge on any atom is -0.392 e. The van der Waals surface area contributed by atoms with E-state index >= 15 is 0 Å². The van der Waals surface area contributed by atoms with E-state index in [2.05, 4.69) is 10.1 Å². The molecule has 1 aliphatic heterocycles. The topological polar surface area (TPSA) is 96.5 Å². The van der Waals surface area contributed by atoms with Gasteiger partial charge in [-0.05, 0) is 12.3 Å². The van der Waals surface area contributed by atoms with Gasteiger partial charge in [0.15, 0.2) is 5.82 Å². The van der Waals surface area contributed by atoms with Crippen LogP contribution in [-0.4, -0.2) is 46.4 Å². The molecule has 1 aromatic heterocycles. The van der Waals surface area contributed by atoms with Gasteiger partial charge < -0.3 is 9.63 Å². The summed E-state index contributed by atoms with van der Waals surface area (Å²) in [5, 5.41) is 13.7. The van der Waals surface area contributed by atoms with Crippen LogP contribution in [0.15, 0.2) is 4.52 Å². The maximum atomic E-state index is 12.5. The van der Waals surface area contributed by atoms with Crippen LogP contribution in [-0.2, 0) is 16.4 Å². The van der Waals surface area contributed by atoms with Crippen molar-refractivity contribution < 1.29 is 18.0 Å². The Morgan fingerprint density at radius 3 is 2.81 bits per heavy atom. The number of hydrogen-bond acceptors (Lipinski definition) is 6. The summed E-state index contributed by atoms with van der Waals surface area (Å²) in [6.45, 7) is 2.02. The Hall–Kier alpha value is -0.990. The summed E-state index contributed by atoms with van der Waals surface area (Å²) in [5.41, 5.74) is 0. The minimum absolute atomic E-state index is 0.113. The largest absolute Gasteiger partial charge is 0.392 e. The summed E-state index contributed by atoms with van der Waals surface area (Å²) in [7, 11) is -3.40. The maximum absolute atomic E-state index is 12.5. The zero-order valence-electron chi connectivity index (χ0n) is 12.1. The van der Waals surface area contributed by atoms with E-state index in [1.165, 1.54) is 4.31 Å². The predicted octanol–water partition coefficient (Wildman–Crippen LogP) is 0.870. The first-order valence-electron chi connectivity index (χ1n) is 7.49. The first kappa shape index (κ1) is 14.9. The van der Waals surface area contributed by atoms with Gasteiger partial charge in [0.25, 0.3) is 0 Å². The molecule has 0 unspecified atom stereocenters. The first-order chi connectivity index (χ1) is 9.99. The third-order valence-electron chi connectivity index (χ3n) is 4.16. The number of aryl methyl sites for hydroxylation is 1. The van der Waals surface area contributed by atoms with Crippen LogP contribution in [0.5, 0.6) is 0 Å². The van der Waals surface area contributed by atoms with Crippen LogP contribution in [0.4, 0.5) is 0 Å². The second-order valence-electron chi connectivity index (χ2n) is 5.93. The lowest BCUT2D eigenvalue weighted by molar-refractivity contribution is 0.188. The van der Waals surface area contributed by atoms with Gasteiger partial charge in [0.05, 0.1) is 11.9 Å². The van der Waals surface area contributed by atoms with Crippen molar-refractivity contribution in [1.29, 1.82) is 0 Å². The van der Waals surface area contributed by atoms with Crippen LogP contribution in [0.25, 0.3) is 0 Å². The molecular weight excluding hydrogens is 294 g/mol. The molecule has 0 radical (unpaired) electrons. The number of hydrogen-bond donors (Lipinski definition) is 1. The molecule has 2 heterocycles. The molecule has 0 spiro atoms. The molecule has 21 heavy (non-hydrogen) atoms. The van der Waals surface area contributed by atoms with Crippen molar-refractivity contribution in [3.63, 3.8) is 0 Å². The Kier molecular flexibility index (Phi) is 4.02. The molecule has 7 nitrogen and oxygen atoms in total. The van der Waals surface area contributed by atoms with Gasteiger partial charge >= 0.3 is 0 Å². The molecule has 0 amide bonds. The van der Waals surface area contributed by atoms with Crippen LogP contribution < -0.4 is 0 Å². The number of aliphatic hydroxyl groups is 1. The third kappa shape index (κ3) is 3.27. The molecule has 1 saturated carbocycles. The second-order valence-corrected chi connectivity index (χ2v) is 7.97. The van der Waals surface area contributed by atoms with Crippen LogP contribution in [0.3, 0.4) is 0 Å². The maximum Gasteiger partial charge on any atom is 0.245 e. The number of rotatable bonds is 6. The average molecular weight is 315 g/mol. The summed E-state index contributed by atoms with van der Waals surface area (Å²) >= 11 is 0. The lowest BCUT2D eigenvalue weighted by atomic mass is 10.2. The number of aromatic nitrogens is 2. The molecule has 1 saturated heterocycles. The summed E-state index contributed by atoms with van der Waals surface area (Å²) in [6, 6.07) is -0.531. The Labute approximate surface area is 124 Å². The first-order valence-corrected chi connectivity index (χ1v) is 9.10. The highest BCUT2D eigenvalue weighted by atomic mass is 32.2. The van der Waals surface area contributed by atoms with Gasteiger partial charge in [-0.25, -0.2) is 8.42 Å². The summed E-state index contributed by atoms with van der Waals surface area (Å²) in [5.74, 6) is 1.54. The molecule has 3 rings (SSSR count). The molecule has 118 valence electrons. The van der Waals surface area contributed by atoms with Crippen molar-refractivity contribution >= 4 is 10.0 Å². The fraction of sp³-hybridized carbons (Fsp3) is 0.846. The van der Waals surface area contributed by atoms with Gasteiger partial charge in [0.2, 0.25) is 15.9 Å². The normalized spacial score (nSPS) is 27.3. The van der Waals surface area contributed by atoms with Crippen LogP contribution in [0.1, 0.15) is 50.4 Å². The van der Waals surface area contributed by atoms with E-state index in [0.29, 0.717) is 36.9 Å². The molecule has 2 fully saturated rings. The van der Waals surface area contributed by atoms with E-state index in [1.807, 2.05) is 6.92 Å². The summed E-state index contributed by atoms with van der Waals surface area (Å²) in [4.78, 5) is 4.22. The average Bonchev–Trinajstić information content (AvgIpc) is 3.00. The van der Waals surface area contributed by atoms with E-state index in [-0.39, 0.29) is 12.3 Å². The monoisotopic (exact) mass is 315 g/mol. The van der Waals surface area contributed by atoms with Gasteiger partial charge in [-0.15, -0.1) is 0 Å². The standard InChI is InChI=1S/C13H21N3O4S/c1-2-12-14-13(20-15-12)11-7-10(17)8-16(11)21(18,19)6-5-9-3-4-9/h9-11,17H,2-8H2,1H3/t10-,11+/m0/s1. The lowest BCUT2D eigenvalue weighted by Gasteiger charge is -2.21. The SMILES string of the molecule is CCc1noc([C@H]2C[C@H](O)CN2S(=O)(=O)CCC2CC2)n1. The van der Waals surface area contributed by atoms with E-state index in [9.17, 15) is 13.5 Å². The zero-order valence-corrected chi connectivity index (χ0v) is 12.9. The number of nitrogens with zero attached hydrogens (tertiary/aromatic N) is 3. The van der Waals surface area contributed by atoms with Crippen molar-refractivity contribution in [2.45, 2.75) is 51.2 Å². The highest BCUT2D eigenvalue weighted by molar-refractivity contribution is 7.89. The molecular formula is C13H21N3O4S. The number of sulfonamides is 1. The highest BCUT2D eigenvalue weighted by Crippen LogP contribution is 2.36. The molecule has 0 bridgehead atoms. The Bertz CT molecular complexity index is 596. The Morgan fingerprint density at radius 2 is 2.19 bits per heavy atom. The quantitative estimate of drug-likeness (QED) is 0.836. The van der Waals surface area contributed by atoms with Crippen LogP contribution in [0.2, 0.25) is 0 Å². The number of β-amino-alcohol motifs (C(OH)–C–C–N with tert-alkyl or cyclic N) is 1. The van der Waals surface area contributed by atoms with Crippen molar-refractivity contribution in [2.75, 3.05) is 12.3 Å². The molecule has 1 aliphatic carbocycles. The van der Waals surface area contributed by atoms with E-state index in [1.54, 1.807) is 0 Å². The van der Waals surface area contributed by atoms with Gasteiger partial charge in [0, 0.05) is 19.4 Å². The van der Waals surface area contributed by atoms with Gasteiger partial charge in [-0.3, -0.25) is 0 Å². The van der Waals surface area contributed by atoms with E-state index in [4.69, 9.17) is 4.52 Å². The van der Waals surface area contributed by atoms with Crippen LogP contribution >= 0.6 is 0 Å². The Balaban J connectivity index is 1.77. The van der Waals surface area contributed by atoms with E-state index < -0.39 is 22.2 Å². The van der Waals surface area contributed by atoms with Gasteiger partial charge in [0.1, 0.15) is 6.04 Å². The molecule has 1 N–H and O–H groups in total. The molecule has 0 aromatic carbocycles. The molecule has 8 heteroatoms. The molecule has 1 aromatic rings. The highest BCUT2D eigenvalue weighted by Gasteiger charge is 2.42. The van der Waals surface area contributed by atoms with Crippen molar-refractivity contribution in [3.8, 4) is 0 Å². The Morgan fingerprint density at radius 1 is 1.43 bits per heavy atom. The number of aliphatic hydroxyl groups excluding tert-OH is 1. The smallest absolute Gasteiger partial charge is 0.245 e. The fourth-order valence-electron chi connectivity index (χ4n) is 2.70. The van der Waals surface area contributed by atoms with Crippen LogP contribution in [0, 0.1) is 5.92 Å². The third-order valence-corrected chi connectivity index (χ3v) is 6.03. The molecule has 2 aliphatic rings. The van der Waals surface area contributed by atoms with E-state index in [0.717, 1.165) is 12.8 Å². The van der Waals surface area contributed by atoms with Gasteiger partial charge in [-0.1, -0.05) is 24.9 Å². The second kappa shape index (κ2) is 5.66. The predicted molar refractivity (Wildman–Crippen MR) is 74.9 cm³/mol. The molecule has 2 atom stereocenters. The van der Waals surface area contributed by atoms with Crippen molar-refractivity contribution in [3.05, 3.63) is 11.7 Å². The van der Waals surface area contributed by atoms with Crippen molar-refractivity contribution in [1.82, 2.24) is 14.4 Å². The minimum atomic E-state index is -3.40. The van der Waals surface area contributed by atoms with Crippen molar-refractivity contribution in [2.24, 2.45) is 5.92 Å². The lowest BCUT2D eigenvalue weighted by Crippen LogP contribution is -2.34. The zero-order chi connectivity index (χ0) is 15.0. The summed E-state index contributed by atoms with van der Waals surface area (Å²) < 4.78 is 31.5. The van der Waals surface area contributed by atoms with Gasteiger partial charge in [-0.2, -0.15) is 9.29 Å². The summed E-state index contributed by atoms with van der Waals surface area (Å²) in [6.07, 6.45) is 3.23. The fourth-order valence-corrected chi connectivity index (χ4v) is 4.53.